The Kier molecular flexibility index (Phi) is 6.10. The highest BCUT2D eigenvalue weighted by atomic mass is 32.2. The number of carbonyl (C=O) groups is 1. The summed E-state index contributed by atoms with van der Waals surface area (Å²) in [7, 11) is 1.60. The lowest BCUT2D eigenvalue weighted by Crippen LogP contribution is -2.26. The quantitative estimate of drug-likeness (QED) is 0.480. The van der Waals surface area contributed by atoms with E-state index in [0.717, 1.165) is 21.0 Å². The summed E-state index contributed by atoms with van der Waals surface area (Å²) in [4.78, 5) is 32.0. The number of hydrogen-bond acceptors (Lipinski definition) is 6. The molecule has 1 atom stereocenters. The van der Waals surface area contributed by atoms with Crippen LogP contribution in [0.4, 0.5) is 5.69 Å². The maximum atomic E-state index is 12.9. The minimum atomic E-state index is -0.411. The van der Waals surface area contributed by atoms with Gasteiger partial charge in [-0.1, -0.05) is 11.8 Å². The first-order valence-corrected chi connectivity index (χ1v) is 10.7. The summed E-state index contributed by atoms with van der Waals surface area (Å²) >= 11 is 2.81. The Bertz CT molecular complexity index is 1070. The lowest BCUT2D eigenvalue weighted by atomic mass is 10.2. The third kappa shape index (κ3) is 3.93. The highest BCUT2D eigenvalue weighted by Gasteiger charge is 2.21. The fourth-order valence-electron chi connectivity index (χ4n) is 2.81. The molecular formula is C20H23N3O3S2. The Labute approximate surface area is 171 Å². The van der Waals surface area contributed by atoms with Crippen LogP contribution in [0.5, 0.6) is 5.75 Å². The number of ether oxygens (including phenoxy) is 1. The Morgan fingerprint density at radius 3 is 2.61 bits per heavy atom. The number of thiophene rings is 1. The van der Waals surface area contributed by atoms with Gasteiger partial charge in [-0.25, -0.2) is 4.98 Å². The number of carbonyl (C=O) groups excluding carboxylic acids is 1. The van der Waals surface area contributed by atoms with Gasteiger partial charge in [0.25, 0.3) is 5.56 Å². The van der Waals surface area contributed by atoms with Crippen molar-refractivity contribution in [2.24, 2.45) is 0 Å². The van der Waals surface area contributed by atoms with Crippen molar-refractivity contribution in [1.29, 1.82) is 0 Å². The summed E-state index contributed by atoms with van der Waals surface area (Å²) in [5.74, 6) is 0.581. The fraction of sp³-hybridized carbons (Fsp3) is 0.350. The first-order valence-electron chi connectivity index (χ1n) is 8.97. The highest BCUT2D eigenvalue weighted by molar-refractivity contribution is 8.00. The van der Waals surface area contributed by atoms with Gasteiger partial charge in [0.1, 0.15) is 10.6 Å². The average Bonchev–Trinajstić information content (AvgIpc) is 2.96. The molecule has 28 heavy (non-hydrogen) atoms. The third-order valence-electron chi connectivity index (χ3n) is 4.58. The van der Waals surface area contributed by atoms with Crippen LogP contribution in [-0.2, 0) is 11.3 Å². The van der Waals surface area contributed by atoms with E-state index in [2.05, 4.69) is 10.3 Å². The van der Waals surface area contributed by atoms with Gasteiger partial charge < -0.3 is 10.1 Å². The molecule has 3 aromatic rings. The lowest BCUT2D eigenvalue weighted by Gasteiger charge is -2.15. The molecule has 2 heterocycles. The number of methoxy groups -OCH3 is 1. The van der Waals surface area contributed by atoms with Crippen LogP contribution in [-0.4, -0.2) is 27.8 Å². The number of fused-ring (bicyclic) bond motifs is 1. The smallest absolute Gasteiger partial charge is 0.263 e. The number of anilines is 1. The Morgan fingerprint density at radius 1 is 1.32 bits per heavy atom. The van der Waals surface area contributed by atoms with Gasteiger partial charge in [0.15, 0.2) is 5.16 Å². The lowest BCUT2D eigenvalue weighted by molar-refractivity contribution is -0.115. The molecule has 1 amide bonds. The van der Waals surface area contributed by atoms with Gasteiger partial charge in [0.2, 0.25) is 5.91 Å². The number of nitrogens with one attached hydrogen (secondary N) is 1. The number of nitrogens with zero attached hydrogens (tertiary/aromatic N) is 2. The Hall–Kier alpha value is -2.32. The van der Waals surface area contributed by atoms with Gasteiger partial charge in [0.05, 0.1) is 17.7 Å². The van der Waals surface area contributed by atoms with E-state index >= 15 is 0 Å². The van der Waals surface area contributed by atoms with Crippen molar-refractivity contribution in [1.82, 2.24) is 9.55 Å². The van der Waals surface area contributed by atoms with Gasteiger partial charge >= 0.3 is 0 Å². The molecule has 0 aliphatic carbocycles. The van der Waals surface area contributed by atoms with Crippen LogP contribution < -0.4 is 15.6 Å². The summed E-state index contributed by atoms with van der Waals surface area (Å²) in [6, 6.07) is 7.16. The summed E-state index contributed by atoms with van der Waals surface area (Å²) in [5.41, 5.74) is 1.64. The number of aromatic nitrogens is 2. The summed E-state index contributed by atoms with van der Waals surface area (Å²) < 4.78 is 6.77. The van der Waals surface area contributed by atoms with E-state index in [4.69, 9.17) is 4.74 Å². The van der Waals surface area contributed by atoms with Crippen molar-refractivity contribution in [3.05, 3.63) is 45.1 Å². The zero-order valence-corrected chi connectivity index (χ0v) is 18.2. The minimum absolute atomic E-state index is 0.0420. The normalized spacial score (nSPS) is 12.2. The zero-order chi connectivity index (χ0) is 20.4. The van der Waals surface area contributed by atoms with Gasteiger partial charge in [-0.15, -0.1) is 11.3 Å². The molecule has 0 saturated heterocycles. The number of benzene rings is 1. The summed E-state index contributed by atoms with van der Waals surface area (Å²) in [5, 5.41) is 3.73. The van der Waals surface area contributed by atoms with E-state index in [0.29, 0.717) is 22.8 Å². The van der Waals surface area contributed by atoms with Gasteiger partial charge in [-0.05, 0) is 57.5 Å². The maximum Gasteiger partial charge on any atom is 0.263 e. The molecule has 1 unspecified atom stereocenters. The largest absolute Gasteiger partial charge is 0.497 e. The highest BCUT2D eigenvalue weighted by Crippen LogP contribution is 2.30. The van der Waals surface area contributed by atoms with E-state index in [1.165, 1.54) is 23.1 Å². The molecule has 3 rings (SSSR count). The molecule has 0 saturated carbocycles. The van der Waals surface area contributed by atoms with Crippen molar-refractivity contribution >= 4 is 44.9 Å². The molecule has 0 fully saturated rings. The van der Waals surface area contributed by atoms with Gasteiger partial charge in [-0.3, -0.25) is 14.2 Å². The number of amides is 1. The molecule has 2 aromatic heterocycles. The van der Waals surface area contributed by atoms with Crippen LogP contribution in [0.15, 0.2) is 34.2 Å². The van der Waals surface area contributed by atoms with Crippen molar-refractivity contribution < 1.29 is 9.53 Å². The molecular weight excluding hydrogens is 394 g/mol. The second kappa shape index (κ2) is 8.36. The number of hydrogen-bond donors (Lipinski definition) is 1. The molecule has 8 heteroatoms. The van der Waals surface area contributed by atoms with Crippen LogP contribution in [0.3, 0.4) is 0 Å². The van der Waals surface area contributed by atoms with Crippen molar-refractivity contribution in [2.45, 2.75) is 44.6 Å². The van der Waals surface area contributed by atoms with E-state index in [-0.39, 0.29) is 11.5 Å². The zero-order valence-electron chi connectivity index (χ0n) is 16.5. The molecule has 1 N–H and O–H groups in total. The molecule has 0 aliphatic rings. The third-order valence-corrected chi connectivity index (χ3v) is 6.77. The SMILES string of the molecule is CCn1c(SC(C)C(=O)Nc2ccc(OC)cc2)nc2sc(C)c(C)c2c1=O. The number of thioether (sulfide) groups is 1. The van der Waals surface area contributed by atoms with Crippen molar-refractivity contribution in [3.63, 3.8) is 0 Å². The molecule has 6 nitrogen and oxygen atoms in total. The second-order valence-electron chi connectivity index (χ2n) is 6.39. The topological polar surface area (TPSA) is 73.2 Å². The van der Waals surface area contributed by atoms with E-state index in [1.807, 2.05) is 27.7 Å². The van der Waals surface area contributed by atoms with Crippen molar-refractivity contribution in [2.75, 3.05) is 12.4 Å². The molecule has 0 bridgehead atoms. The Balaban J connectivity index is 1.84. The maximum absolute atomic E-state index is 12.9. The molecule has 0 spiro atoms. The standard InChI is InChI=1S/C20H23N3O3S2/c1-6-23-19(25)16-11(2)12(3)27-18(16)22-20(23)28-13(4)17(24)21-14-7-9-15(26-5)10-8-14/h7-10,13H,6H2,1-5H3,(H,21,24). The van der Waals surface area contributed by atoms with Crippen LogP contribution in [0.1, 0.15) is 24.3 Å². The molecule has 0 radical (unpaired) electrons. The first kappa shape index (κ1) is 20.4. The fourth-order valence-corrected chi connectivity index (χ4v) is 4.85. The minimum Gasteiger partial charge on any atom is -0.497 e. The van der Waals surface area contributed by atoms with Crippen LogP contribution in [0.2, 0.25) is 0 Å². The van der Waals surface area contributed by atoms with Crippen LogP contribution in [0.25, 0.3) is 10.2 Å². The molecule has 0 aliphatic heterocycles. The Morgan fingerprint density at radius 2 is 2.00 bits per heavy atom. The molecule has 1 aromatic carbocycles. The van der Waals surface area contributed by atoms with E-state index in [9.17, 15) is 9.59 Å². The van der Waals surface area contributed by atoms with Gasteiger partial charge in [-0.2, -0.15) is 0 Å². The van der Waals surface area contributed by atoms with Gasteiger partial charge in [0, 0.05) is 17.1 Å². The van der Waals surface area contributed by atoms with Crippen LogP contribution in [0, 0.1) is 13.8 Å². The monoisotopic (exact) mass is 417 g/mol. The van der Waals surface area contributed by atoms with E-state index in [1.54, 1.807) is 35.9 Å². The molecule has 148 valence electrons. The summed E-state index contributed by atoms with van der Waals surface area (Å²) in [6.45, 7) is 8.18. The van der Waals surface area contributed by atoms with E-state index < -0.39 is 5.25 Å². The first-order chi connectivity index (χ1) is 13.3. The number of rotatable bonds is 6. The summed E-state index contributed by atoms with van der Waals surface area (Å²) in [6.07, 6.45) is 0. The second-order valence-corrected chi connectivity index (χ2v) is 8.90. The van der Waals surface area contributed by atoms with Crippen LogP contribution >= 0.6 is 23.1 Å². The predicted octanol–water partition coefficient (Wildman–Crippen LogP) is 4.22. The average molecular weight is 418 g/mol. The predicted molar refractivity (Wildman–Crippen MR) is 116 cm³/mol. The number of aryl methyl sites for hydroxylation is 2. The van der Waals surface area contributed by atoms with Crippen molar-refractivity contribution in [3.8, 4) is 5.75 Å².